The van der Waals surface area contributed by atoms with Crippen LogP contribution >= 0.6 is 11.8 Å². The van der Waals surface area contributed by atoms with Crippen molar-refractivity contribution in [3.8, 4) is 5.88 Å². The van der Waals surface area contributed by atoms with Crippen LogP contribution in [0.3, 0.4) is 0 Å². The average Bonchev–Trinajstić information content (AvgIpc) is 2.29. The van der Waals surface area contributed by atoms with Gasteiger partial charge in [-0.25, -0.2) is 19.3 Å². The Morgan fingerprint density at radius 3 is 2.80 bits per heavy atom. The second-order valence-corrected chi connectivity index (χ2v) is 3.51. The fraction of sp³-hybridized carbons (Fsp3) is 0.222. The van der Waals surface area contributed by atoms with Gasteiger partial charge in [-0.3, -0.25) is 0 Å². The highest BCUT2D eigenvalue weighted by atomic mass is 32.2. The first-order valence-corrected chi connectivity index (χ1v) is 5.38. The molecule has 0 aliphatic heterocycles. The largest absolute Gasteiger partial charge is 0.479 e. The van der Waals surface area contributed by atoms with E-state index in [4.69, 9.17) is 4.74 Å². The highest BCUT2D eigenvalue weighted by molar-refractivity contribution is 7.98. The third kappa shape index (κ3) is 1.72. The van der Waals surface area contributed by atoms with Crippen LogP contribution in [-0.2, 0) is 0 Å². The lowest BCUT2D eigenvalue weighted by molar-refractivity contribution is 0.400. The maximum atomic E-state index is 13.3. The number of aromatic nitrogens is 3. The van der Waals surface area contributed by atoms with Gasteiger partial charge in [-0.2, -0.15) is 0 Å². The van der Waals surface area contributed by atoms with Gasteiger partial charge < -0.3 is 4.74 Å². The summed E-state index contributed by atoms with van der Waals surface area (Å²) >= 11 is 1.38. The Kier molecular flexibility index (Phi) is 2.68. The van der Waals surface area contributed by atoms with Crippen LogP contribution in [0.2, 0.25) is 0 Å². The minimum absolute atomic E-state index is 0.309. The lowest BCUT2D eigenvalue weighted by Gasteiger charge is -2.04. The molecule has 15 heavy (non-hydrogen) atoms. The topological polar surface area (TPSA) is 47.9 Å². The molecule has 2 heterocycles. The number of nitrogens with zero attached hydrogens (tertiary/aromatic N) is 3. The number of hydrogen-bond acceptors (Lipinski definition) is 5. The van der Waals surface area contributed by atoms with Crippen LogP contribution < -0.4 is 4.74 Å². The highest BCUT2D eigenvalue weighted by Crippen LogP contribution is 2.24. The molecule has 2 rings (SSSR count). The molecule has 0 unspecified atom stereocenters. The van der Waals surface area contributed by atoms with E-state index < -0.39 is 5.82 Å². The quantitative estimate of drug-likeness (QED) is 0.577. The number of pyridine rings is 1. The highest BCUT2D eigenvalue weighted by Gasteiger charge is 2.10. The third-order valence-corrected chi connectivity index (χ3v) is 2.46. The molecule has 0 aromatic carbocycles. The van der Waals surface area contributed by atoms with Crippen molar-refractivity contribution in [1.82, 2.24) is 15.0 Å². The van der Waals surface area contributed by atoms with Crippen molar-refractivity contribution < 1.29 is 9.13 Å². The molecular weight excluding hydrogens is 217 g/mol. The van der Waals surface area contributed by atoms with E-state index in [1.54, 1.807) is 0 Å². The van der Waals surface area contributed by atoms with Crippen molar-refractivity contribution in [3.05, 3.63) is 18.2 Å². The molecule has 6 heteroatoms. The van der Waals surface area contributed by atoms with Gasteiger partial charge in [-0.05, 0) is 6.26 Å². The van der Waals surface area contributed by atoms with Gasteiger partial charge >= 0.3 is 0 Å². The second-order valence-electron chi connectivity index (χ2n) is 2.73. The van der Waals surface area contributed by atoms with Crippen LogP contribution in [-0.4, -0.2) is 28.3 Å². The van der Waals surface area contributed by atoms with Crippen LogP contribution in [0, 0.1) is 5.82 Å². The summed E-state index contributed by atoms with van der Waals surface area (Å²) in [4.78, 5) is 11.9. The van der Waals surface area contributed by atoms with E-state index >= 15 is 0 Å². The van der Waals surface area contributed by atoms with E-state index in [9.17, 15) is 4.39 Å². The Hall–Kier alpha value is -1.43. The Bertz CT molecular complexity index is 506. The summed E-state index contributed by atoms with van der Waals surface area (Å²) < 4.78 is 18.3. The van der Waals surface area contributed by atoms with Gasteiger partial charge in [0.1, 0.15) is 5.52 Å². The Morgan fingerprint density at radius 2 is 2.13 bits per heavy atom. The fourth-order valence-corrected chi connectivity index (χ4v) is 1.54. The number of hydrogen-bond donors (Lipinski definition) is 0. The van der Waals surface area contributed by atoms with E-state index in [0.29, 0.717) is 21.9 Å². The predicted octanol–water partition coefficient (Wildman–Crippen LogP) is 1.89. The molecule has 4 nitrogen and oxygen atoms in total. The molecule has 0 atom stereocenters. The van der Waals surface area contributed by atoms with Crippen molar-refractivity contribution in [2.24, 2.45) is 0 Å². The van der Waals surface area contributed by atoms with Gasteiger partial charge in [-0.1, -0.05) is 11.8 Å². The summed E-state index contributed by atoms with van der Waals surface area (Å²) in [5.74, 6) is -0.137. The van der Waals surface area contributed by atoms with Crippen molar-refractivity contribution in [1.29, 1.82) is 0 Å². The third-order valence-electron chi connectivity index (χ3n) is 1.90. The average molecular weight is 225 g/mol. The van der Waals surface area contributed by atoms with Crippen molar-refractivity contribution in [2.45, 2.75) is 5.16 Å². The number of fused-ring (bicyclic) bond motifs is 1. The molecule has 2 aromatic heterocycles. The molecular formula is C9H8FN3OS. The molecule has 0 aliphatic carbocycles. The van der Waals surface area contributed by atoms with Crippen LogP contribution in [0.15, 0.2) is 17.6 Å². The second kappa shape index (κ2) is 3.98. The molecule has 0 radical (unpaired) electrons. The van der Waals surface area contributed by atoms with Gasteiger partial charge in [0, 0.05) is 6.20 Å². The zero-order valence-corrected chi connectivity index (χ0v) is 9.01. The van der Waals surface area contributed by atoms with Gasteiger partial charge in [0.05, 0.1) is 18.7 Å². The maximum Gasteiger partial charge on any atom is 0.240 e. The maximum absolute atomic E-state index is 13.3. The molecule has 0 bridgehead atoms. The lowest BCUT2D eigenvalue weighted by Crippen LogP contribution is -1.96. The smallest absolute Gasteiger partial charge is 0.240 e. The Morgan fingerprint density at radius 1 is 1.33 bits per heavy atom. The van der Waals surface area contributed by atoms with E-state index in [-0.39, 0.29) is 0 Å². The monoisotopic (exact) mass is 225 g/mol. The SMILES string of the molecule is COc1ncc(F)c2cnc(SC)nc12. The molecule has 2 aromatic rings. The van der Waals surface area contributed by atoms with E-state index in [1.165, 1.54) is 25.1 Å². The molecule has 0 saturated carbocycles. The van der Waals surface area contributed by atoms with E-state index in [1.807, 2.05) is 6.26 Å². The Labute approximate surface area is 89.9 Å². The summed E-state index contributed by atoms with van der Waals surface area (Å²) in [6.07, 6.45) is 4.39. The summed E-state index contributed by atoms with van der Waals surface area (Å²) in [5, 5.41) is 0.882. The van der Waals surface area contributed by atoms with Crippen molar-refractivity contribution in [2.75, 3.05) is 13.4 Å². The van der Waals surface area contributed by atoms with E-state index in [0.717, 1.165) is 6.20 Å². The van der Waals surface area contributed by atoms with Crippen LogP contribution in [0.4, 0.5) is 4.39 Å². The van der Waals surface area contributed by atoms with Crippen molar-refractivity contribution >= 4 is 22.7 Å². The predicted molar refractivity (Wildman–Crippen MR) is 55.6 cm³/mol. The number of methoxy groups -OCH3 is 1. The molecule has 0 aliphatic rings. The number of ether oxygens (including phenoxy) is 1. The molecule has 0 N–H and O–H groups in total. The first-order chi connectivity index (χ1) is 7.26. The minimum Gasteiger partial charge on any atom is -0.479 e. The number of thioether (sulfide) groups is 1. The number of rotatable bonds is 2. The first-order valence-electron chi connectivity index (χ1n) is 4.15. The summed E-state index contributed by atoms with van der Waals surface area (Å²) in [7, 11) is 1.47. The molecule has 0 amide bonds. The zero-order valence-electron chi connectivity index (χ0n) is 8.19. The lowest BCUT2D eigenvalue weighted by atomic mass is 10.3. The molecule has 0 fully saturated rings. The fourth-order valence-electron chi connectivity index (χ4n) is 1.20. The Balaban J connectivity index is 2.77. The van der Waals surface area contributed by atoms with Crippen LogP contribution in [0.1, 0.15) is 0 Å². The van der Waals surface area contributed by atoms with Gasteiger partial charge in [0.15, 0.2) is 11.0 Å². The summed E-state index contributed by atoms with van der Waals surface area (Å²) in [6.45, 7) is 0. The summed E-state index contributed by atoms with van der Waals surface area (Å²) in [6, 6.07) is 0. The normalized spacial score (nSPS) is 10.6. The first kappa shape index (κ1) is 10.1. The standard InChI is InChI=1S/C9H8FN3OS/c1-14-8-7-5(6(10)4-11-8)3-12-9(13-7)15-2/h3-4H,1-2H3. The molecule has 0 spiro atoms. The van der Waals surface area contributed by atoms with Gasteiger partial charge in [0.2, 0.25) is 5.88 Å². The van der Waals surface area contributed by atoms with Gasteiger partial charge in [-0.15, -0.1) is 0 Å². The van der Waals surface area contributed by atoms with E-state index in [2.05, 4.69) is 15.0 Å². The zero-order chi connectivity index (χ0) is 10.8. The van der Waals surface area contributed by atoms with Crippen LogP contribution in [0.5, 0.6) is 5.88 Å². The minimum atomic E-state index is -0.446. The summed E-state index contributed by atoms with van der Waals surface area (Å²) in [5.41, 5.74) is 0.400. The van der Waals surface area contributed by atoms with Crippen molar-refractivity contribution in [3.63, 3.8) is 0 Å². The molecule has 78 valence electrons. The molecule has 0 saturated heterocycles. The van der Waals surface area contributed by atoms with Crippen LogP contribution in [0.25, 0.3) is 10.9 Å². The number of halogens is 1. The van der Waals surface area contributed by atoms with Gasteiger partial charge in [0.25, 0.3) is 0 Å².